The number of aromatic nitrogens is 3. The number of hydrogen-bond donors (Lipinski definition) is 2. The molecule has 0 bridgehead atoms. The second-order valence-corrected chi connectivity index (χ2v) is 8.40. The Hall–Kier alpha value is -3.00. The van der Waals surface area contributed by atoms with Gasteiger partial charge in [0.05, 0.1) is 13.2 Å². The highest BCUT2D eigenvalue weighted by atomic mass is 32.2. The van der Waals surface area contributed by atoms with Crippen molar-refractivity contribution in [3.05, 3.63) is 65.0 Å². The van der Waals surface area contributed by atoms with Crippen LogP contribution in [-0.4, -0.2) is 33.1 Å². The summed E-state index contributed by atoms with van der Waals surface area (Å²) >= 11 is 1.42. The van der Waals surface area contributed by atoms with Gasteiger partial charge in [-0.05, 0) is 54.8 Å². The maximum Gasteiger partial charge on any atom is 0.240 e. The third kappa shape index (κ3) is 3.87. The van der Waals surface area contributed by atoms with Gasteiger partial charge in [0.1, 0.15) is 11.0 Å². The summed E-state index contributed by atoms with van der Waals surface area (Å²) in [6, 6.07) is 13.5. The van der Waals surface area contributed by atoms with Crippen molar-refractivity contribution in [1.29, 1.82) is 0 Å². The lowest BCUT2D eigenvalue weighted by Crippen LogP contribution is -2.41. The number of ether oxygens (including phenoxy) is 1. The first-order valence-corrected chi connectivity index (χ1v) is 10.8. The number of thioether (sulfide) groups is 1. The number of nitrogens with zero attached hydrogens (tertiary/aromatic N) is 3. The third-order valence-electron chi connectivity index (χ3n) is 5.33. The maximum atomic E-state index is 13.3. The van der Waals surface area contributed by atoms with Gasteiger partial charge in [0.25, 0.3) is 0 Å². The highest BCUT2D eigenvalue weighted by Crippen LogP contribution is 2.38. The molecule has 30 heavy (non-hydrogen) atoms. The van der Waals surface area contributed by atoms with Gasteiger partial charge >= 0.3 is 0 Å². The first-order valence-electron chi connectivity index (χ1n) is 9.89. The Labute approximate surface area is 180 Å². The van der Waals surface area contributed by atoms with Crippen LogP contribution in [0.3, 0.4) is 0 Å². The Bertz CT molecular complexity index is 1060. The van der Waals surface area contributed by atoms with Crippen LogP contribution in [0.2, 0.25) is 0 Å². The van der Waals surface area contributed by atoms with E-state index in [2.05, 4.69) is 27.9 Å². The molecule has 0 saturated carbocycles. The molecule has 0 saturated heterocycles. The van der Waals surface area contributed by atoms with Crippen molar-refractivity contribution in [3.8, 4) is 5.75 Å². The van der Waals surface area contributed by atoms with Crippen LogP contribution in [0.5, 0.6) is 5.75 Å². The molecule has 2 aromatic carbocycles. The van der Waals surface area contributed by atoms with Gasteiger partial charge in [-0.1, -0.05) is 36.9 Å². The normalized spacial score (nSPS) is 17.7. The highest BCUT2D eigenvalue weighted by Gasteiger charge is 2.37. The smallest absolute Gasteiger partial charge is 0.240 e. The van der Waals surface area contributed by atoms with Crippen LogP contribution in [0.15, 0.2) is 47.6 Å². The summed E-state index contributed by atoms with van der Waals surface area (Å²) < 4.78 is 7.17. The number of anilines is 1. The Kier molecular flexibility index (Phi) is 5.67. The van der Waals surface area contributed by atoms with Gasteiger partial charge in [-0.3, -0.25) is 4.79 Å². The van der Waals surface area contributed by atoms with Gasteiger partial charge in [0.2, 0.25) is 11.1 Å². The van der Waals surface area contributed by atoms with Crippen LogP contribution in [0.25, 0.3) is 0 Å². The van der Waals surface area contributed by atoms with E-state index in [0.717, 1.165) is 34.8 Å². The number of amides is 1. The Morgan fingerprint density at radius 2 is 1.93 bits per heavy atom. The first kappa shape index (κ1) is 20.3. The minimum absolute atomic E-state index is 0.0798. The minimum Gasteiger partial charge on any atom is -0.497 e. The second-order valence-electron chi connectivity index (χ2n) is 7.29. The maximum absolute atomic E-state index is 13.3. The topological polar surface area (TPSA) is 81.1 Å². The number of benzene rings is 2. The molecule has 1 aliphatic rings. The van der Waals surface area contributed by atoms with Gasteiger partial charge in [0, 0.05) is 12.1 Å². The first-order chi connectivity index (χ1) is 14.5. The van der Waals surface area contributed by atoms with E-state index in [1.165, 1.54) is 17.3 Å². The van der Waals surface area contributed by atoms with E-state index in [0.29, 0.717) is 5.16 Å². The van der Waals surface area contributed by atoms with Crippen LogP contribution in [0.4, 0.5) is 5.69 Å². The quantitative estimate of drug-likeness (QED) is 0.649. The van der Waals surface area contributed by atoms with Crippen molar-refractivity contribution in [3.63, 3.8) is 0 Å². The molecule has 0 unspecified atom stereocenters. The number of rotatable bonds is 5. The van der Waals surface area contributed by atoms with Crippen molar-refractivity contribution in [2.45, 2.75) is 43.6 Å². The van der Waals surface area contributed by atoms with Crippen LogP contribution in [0.1, 0.15) is 35.5 Å². The van der Waals surface area contributed by atoms with Crippen molar-refractivity contribution in [2.24, 2.45) is 0 Å². The van der Waals surface area contributed by atoms with Crippen LogP contribution >= 0.6 is 11.8 Å². The van der Waals surface area contributed by atoms with E-state index in [1.54, 1.807) is 7.11 Å². The Morgan fingerprint density at radius 3 is 2.60 bits per heavy atom. The zero-order valence-corrected chi connectivity index (χ0v) is 18.3. The number of nitrogens with one attached hydrogen (secondary N) is 2. The summed E-state index contributed by atoms with van der Waals surface area (Å²) in [6.07, 6.45) is 0.745. The van der Waals surface area contributed by atoms with E-state index in [-0.39, 0.29) is 11.9 Å². The molecule has 0 aliphatic carbocycles. The molecule has 0 radical (unpaired) electrons. The average Bonchev–Trinajstić information content (AvgIpc) is 3.17. The molecule has 7 nitrogen and oxygen atoms in total. The summed E-state index contributed by atoms with van der Waals surface area (Å²) in [7, 11) is 1.64. The highest BCUT2D eigenvalue weighted by molar-refractivity contribution is 8.00. The van der Waals surface area contributed by atoms with E-state index in [1.807, 2.05) is 61.0 Å². The predicted molar refractivity (Wildman–Crippen MR) is 119 cm³/mol. The molecule has 2 N–H and O–H groups in total. The SMILES string of the molecule is CCc1nnc2n1N[C@@H](c1ccc(OC)cc1)[C@@H](C(=O)Nc1ccc(C)c(C)c1)S2. The van der Waals surface area contributed by atoms with Crippen LogP contribution in [-0.2, 0) is 11.2 Å². The molecular weight excluding hydrogens is 398 g/mol. The summed E-state index contributed by atoms with van der Waals surface area (Å²) in [5.74, 6) is 1.53. The molecule has 0 fully saturated rings. The molecule has 3 aromatic rings. The summed E-state index contributed by atoms with van der Waals surface area (Å²) in [6.45, 7) is 6.13. The number of methoxy groups -OCH3 is 1. The third-order valence-corrected chi connectivity index (χ3v) is 6.54. The molecule has 0 spiro atoms. The fraction of sp³-hybridized carbons (Fsp3) is 0.318. The van der Waals surface area contributed by atoms with E-state index in [9.17, 15) is 4.79 Å². The molecule has 8 heteroatoms. The molecule has 1 aromatic heterocycles. The van der Waals surface area contributed by atoms with E-state index < -0.39 is 5.25 Å². The van der Waals surface area contributed by atoms with E-state index in [4.69, 9.17) is 4.74 Å². The van der Waals surface area contributed by atoms with Crippen molar-refractivity contribution in [1.82, 2.24) is 14.9 Å². The Balaban J connectivity index is 1.66. The molecule has 2 atom stereocenters. The number of fused-ring (bicyclic) bond motifs is 1. The number of aryl methyl sites for hydroxylation is 3. The molecular formula is C22H25N5O2S. The summed E-state index contributed by atoms with van der Waals surface area (Å²) in [5, 5.41) is 11.9. The van der Waals surface area contributed by atoms with Gasteiger partial charge in [0.15, 0.2) is 5.82 Å². The van der Waals surface area contributed by atoms with E-state index >= 15 is 0 Å². The monoisotopic (exact) mass is 423 g/mol. The Morgan fingerprint density at radius 1 is 1.17 bits per heavy atom. The molecule has 1 aliphatic heterocycles. The zero-order chi connectivity index (χ0) is 21.3. The summed E-state index contributed by atoms with van der Waals surface area (Å²) in [4.78, 5) is 13.3. The zero-order valence-electron chi connectivity index (χ0n) is 17.5. The van der Waals surface area contributed by atoms with Crippen LogP contribution < -0.4 is 15.5 Å². The molecule has 2 heterocycles. The van der Waals surface area contributed by atoms with Crippen LogP contribution in [0, 0.1) is 13.8 Å². The lowest BCUT2D eigenvalue weighted by Gasteiger charge is -2.33. The fourth-order valence-electron chi connectivity index (χ4n) is 3.42. The second kappa shape index (κ2) is 8.39. The standard InChI is InChI=1S/C22H25N5O2S/c1-5-18-24-25-22-27(18)26-19(15-7-10-17(29-4)11-8-15)20(30-22)21(28)23-16-9-6-13(2)14(3)12-16/h6-12,19-20,26H,5H2,1-4H3,(H,23,28)/t19-,20-/m0/s1. The molecule has 156 valence electrons. The number of carbonyl (C=O) groups is 1. The molecule has 4 rings (SSSR count). The number of carbonyl (C=O) groups excluding carboxylic acids is 1. The largest absolute Gasteiger partial charge is 0.497 e. The summed E-state index contributed by atoms with van der Waals surface area (Å²) in [5.41, 5.74) is 7.57. The van der Waals surface area contributed by atoms with Crippen molar-refractivity contribution >= 4 is 23.4 Å². The fourth-order valence-corrected chi connectivity index (χ4v) is 4.52. The number of hydrogen-bond acceptors (Lipinski definition) is 6. The molecule has 1 amide bonds. The van der Waals surface area contributed by atoms with Gasteiger partial charge in [-0.15, -0.1) is 10.2 Å². The lowest BCUT2D eigenvalue weighted by atomic mass is 10.0. The van der Waals surface area contributed by atoms with Crippen molar-refractivity contribution in [2.75, 3.05) is 17.9 Å². The van der Waals surface area contributed by atoms with Crippen molar-refractivity contribution < 1.29 is 9.53 Å². The lowest BCUT2D eigenvalue weighted by molar-refractivity contribution is -0.116. The van der Waals surface area contributed by atoms with Gasteiger partial charge in [-0.2, -0.15) is 0 Å². The predicted octanol–water partition coefficient (Wildman–Crippen LogP) is 3.86. The minimum atomic E-state index is -0.415. The average molecular weight is 424 g/mol. The van der Waals surface area contributed by atoms with Gasteiger partial charge < -0.3 is 15.5 Å². The van der Waals surface area contributed by atoms with Gasteiger partial charge in [-0.25, -0.2) is 4.68 Å².